The van der Waals surface area contributed by atoms with Crippen molar-refractivity contribution in [1.82, 2.24) is 0 Å². The number of halogens is 3. The molecule has 0 radical (unpaired) electrons. The van der Waals surface area contributed by atoms with Gasteiger partial charge in [-0.3, -0.25) is 4.79 Å². The molecule has 0 aliphatic carbocycles. The molecule has 118 valence electrons. The second-order valence-corrected chi connectivity index (χ2v) is 5.37. The van der Waals surface area contributed by atoms with E-state index in [0.717, 1.165) is 28.2 Å². The summed E-state index contributed by atoms with van der Waals surface area (Å²) in [6.07, 6.45) is 2.72. The summed E-state index contributed by atoms with van der Waals surface area (Å²) in [5, 5.41) is 0. The van der Waals surface area contributed by atoms with Crippen LogP contribution in [0, 0.1) is 11.6 Å². The Balaban J connectivity index is 1.92. The molecule has 0 fully saturated rings. The molecule has 0 aromatic heterocycles. The highest BCUT2D eigenvalue weighted by atomic mass is 79.9. The van der Waals surface area contributed by atoms with Crippen LogP contribution in [0.1, 0.15) is 15.9 Å². The van der Waals surface area contributed by atoms with Crippen molar-refractivity contribution in [3.8, 4) is 0 Å². The maximum absolute atomic E-state index is 13.0. The smallest absolute Gasteiger partial charge is 0.331 e. The monoisotopic (exact) mass is 380 g/mol. The van der Waals surface area contributed by atoms with E-state index in [-0.39, 0.29) is 5.56 Å². The van der Waals surface area contributed by atoms with Crippen LogP contribution in [0.2, 0.25) is 0 Å². The third kappa shape index (κ3) is 4.82. The standard InChI is InChI=1S/C17H11BrF2O3/c18-13-4-2-1-3-11(13)6-8-17(22)23-10-16(21)12-5-7-14(19)15(20)9-12/h1-9H,10H2/b8-6+. The van der Waals surface area contributed by atoms with E-state index in [2.05, 4.69) is 15.9 Å². The number of hydrogen-bond donors (Lipinski definition) is 0. The van der Waals surface area contributed by atoms with Gasteiger partial charge in [0.1, 0.15) is 0 Å². The van der Waals surface area contributed by atoms with Gasteiger partial charge in [-0.2, -0.15) is 0 Å². The number of carbonyl (C=O) groups excluding carboxylic acids is 2. The van der Waals surface area contributed by atoms with Crippen molar-refractivity contribution >= 4 is 33.8 Å². The molecular formula is C17H11BrF2O3. The van der Waals surface area contributed by atoms with Gasteiger partial charge in [-0.05, 0) is 35.9 Å². The Kier molecular flexibility index (Phi) is 5.76. The summed E-state index contributed by atoms with van der Waals surface area (Å²) in [5.74, 6) is -3.51. The quantitative estimate of drug-likeness (QED) is 0.444. The van der Waals surface area contributed by atoms with Crippen molar-refractivity contribution in [3.05, 3.63) is 75.8 Å². The predicted molar refractivity (Wildman–Crippen MR) is 84.8 cm³/mol. The Hall–Kier alpha value is -2.34. The lowest BCUT2D eigenvalue weighted by Crippen LogP contribution is -2.13. The molecular weight excluding hydrogens is 370 g/mol. The van der Waals surface area contributed by atoms with Gasteiger partial charge in [-0.25, -0.2) is 13.6 Å². The second kappa shape index (κ2) is 7.78. The highest BCUT2D eigenvalue weighted by Gasteiger charge is 2.11. The summed E-state index contributed by atoms with van der Waals surface area (Å²) in [6, 6.07) is 9.99. The van der Waals surface area contributed by atoms with Gasteiger partial charge in [0.2, 0.25) is 0 Å². The third-order valence-electron chi connectivity index (χ3n) is 2.89. The highest BCUT2D eigenvalue weighted by molar-refractivity contribution is 9.10. The first-order chi connectivity index (χ1) is 11.0. The molecule has 2 aromatic carbocycles. The predicted octanol–water partition coefficient (Wildman–Crippen LogP) is 4.17. The van der Waals surface area contributed by atoms with Crippen LogP contribution in [0.5, 0.6) is 0 Å². The number of rotatable bonds is 5. The Bertz CT molecular complexity index is 772. The van der Waals surface area contributed by atoms with E-state index in [9.17, 15) is 18.4 Å². The zero-order valence-electron chi connectivity index (χ0n) is 11.8. The summed E-state index contributed by atoms with van der Waals surface area (Å²) >= 11 is 3.33. The lowest BCUT2D eigenvalue weighted by molar-refractivity contribution is -0.136. The number of ketones is 1. The van der Waals surface area contributed by atoms with Crippen molar-refractivity contribution in [1.29, 1.82) is 0 Å². The van der Waals surface area contributed by atoms with Gasteiger partial charge in [-0.15, -0.1) is 0 Å². The minimum Gasteiger partial charge on any atom is -0.454 e. The van der Waals surface area contributed by atoms with E-state index >= 15 is 0 Å². The summed E-state index contributed by atoms with van der Waals surface area (Å²) < 4.78 is 31.4. The average Bonchev–Trinajstić information content (AvgIpc) is 2.54. The van der Waals surface area contributed by atoms with Gasteiger partial charge >= 0.3 is 5.97 Å². The van der Waals surface area contributed by atoms with Crippen LogP contribution >= 0.6 is 15.9 Å². The number of Topliss-reactive ketones (excluding diaryl/α,β-unsaturated/α-hetero) is 1. The summed E-state index contributed by atoms with van der Waals surface area (Å²) in [7, 11) is 0. The summed E-state index contributed by atoms with van der Waals surface area (Å²) in [6.45, 7) is -0.551. The Morgan fingerprint density at radius 2 is 1.83 bits per heavy atom. The Morgan fingerprint density at radius 3 is 2.52 bits per heavy atom. The van der Waals surface area contributed by atoms with E-state index in [1.165, 1.54) is 12.2 Å². The van der Waals surface area contributed by atoms with Crippen molar-refractivity contribution in [2.24, 2.45) is 0 Å². The molecule has 6 heteroatoms. The zero-order chi connectivity index (χ0) is 16.8. The molecule has 0 saturated carbocycles. The fourth-order valence-corrected chi connectivity index (χ4v) is 2.12. The third-order valence-corrected chi connectivity index (χ3v) is 3.61. The molecule has 2 rings (SSSR count). The normalized spacial score (nSPS) is 10.7. The number of ether oxygens (including phenoxy) is 1. The minimum absolute atomic E-state index is 0.0634. The maximum Gasteiger partial charge on any atom is 0.331 e. The fraction of sp³-hybridized carbons (Fsp3) is 0.0588. The van der Waals surface area contributed by atoms with Crippen molar-refractivity contribution in [3.63, 3.8) is 0 Å². The molecule has 0 heterocycles. The van der Waals surface area contributed by atoms with Crippen molar-refractivity contribution in [2.45, 2.75) is 0 Å². The van der Waals surface area contributed by atoms with E-state index < -0.39 is 30.0 Å². The zero-order valence-corrected chi connectivity index (χ0v) is 13.3. The van der Waals surface area contributed by atoms with E-state index in [0.29, 0.717) is 0 Å². The van der Waals surface area contributed by atoms with E-state index in [1.807, 2.05) is 18.2 Å². The molecule has 0 saturated heterocycles. The van der Waals surface area contributed by atoms with Gasteiger partial charge in [0.25, 0.3) is 0 Å². The van der Waals surface area contributed by atoms with E-state index in [1.54, 1.807) is 6.07 Å². The van der Waals surface area contributed by atoms with Gasteiger partial charge in [0.05, 0.1) is 0 Å². The molecule has 0 N–H and O–H groups in total. The van der Waals surface area contributed by atoms with Crippen LogP contribution in [-0.4, -0.2) is 18.4 Å². The molecule has 3 nitrogen and oxygen atoms in total. The number of carbonyl (C=O) groups is 2. The summed E-state index contributed by atoms with van der Waals surface area (Å²) in [5.41, 5.74) is 0.711. The van der Waals surface area contributed by atoms with Gasteiger partial charge in [0.15, 0.2) is 24.0 Å². The largest absolute Gasteiger partial charge is 0.454 e. The van der Waals surface area contributed by atoms with Crippen LogP contribution in [0.4, 0.5) is 8.78 Å². The van der Waals surface area contributed by atoms with Gasteiger partial charge in [0, 0.05) is 16.1 Å². The average molecular weight is 381 g/mol. The Labute approximate surface area is 139 Å². The maximum atomic E-state index is 13.0. The lowest BCUT2D eigenvalue weighted by atomic mass is 10.1. The molecule has 0 unspecified atom stereocenters. The number of esters is 1. The van der Waals surface area contributed by atoms with Crippen LogP contribution in [0.25, 0.3) is 6.08 Å². The molecule has 0 aliphatic heterocycles. The number of benzene rings is 2. The highest BCUT2D eigenvalue weighted by Crippen LogP contribution is 2.17. The number of hydrogen-bond acceptors (Lipinski definition) is 3. The second-order valence-electron chi connectivity index (χ2n) is 4.51. The van der Waals surface area contributed by atoms with Crippen LogP contribution in [-0.2, 0) is 9.53 Å². The first-order valence-electron chi connectivity index (χ1n) is 6.55. The fourth-order valence-electron chi connectivity index (χ4n) is 1.71. The van der Waals surface area contributed by atoms with Gasteiger partial charge < -0.3 is 4.74 Å². The minimum atomic E-state index is -1.13. The molecule has 0 amide bonds. The first-order valence-corrected chi connectivity index (χ1v) is 7.34. The molecule has 2 aromatic rings. The van der Waals surface area contributed by atoms with Crippen molar-refractivity contribution < 1.29 is 23.1 Å². The lowest BCUT2D eigenvalue weighted by Gasteiger charge is -2.03. The molecule has 0 bridgehead atoms. The Morgan fingerprint density at radius 1 is 1.09 bits per heavy atom. The van der Waals surface area contributed by atoms with Crippen molar-refractivity contribution in [2.75, 3.05) is 6.61 Å². The van der Waals surface area contributed by atoms with Crippen LogP contribution < -0.4 is 0 Å². The molecule has 0 atom stereocenters. The SMILES string of the molecule is O=C(/C=C/c1ccccc1Br)OCC(=O)c1ccc(F)c(F)c1. The van der Waals surface area contributed by atoms with E-state index in [4.69, 9.17) is 4.74 Å². The van der Waals surface area contributed by atoms with Crippen LogP contribution in [0.15, 0.2) is 53.0 Å². The topological polar surface area (TPSA) is 43.4 Å². The van der Waals surface area contributed by atoms with Crippen LogP contribution in [0.3, 0.4) is 0 Å². The summed E-state index contributed by atoms with van der Waals surface area (Å²) in [4.78, 5) is 23.3. The molecule has 23 heavy (non-hydrogen) atoms. The van der Waals surface area contributed by atoms with Gasteiger partial charge in [-0.1, -0.05) is 34.1 Å². The first kappa shape index (κ1) is 17.0. The molecule has 0 aliphatic rings. The molecule has 0 spiro atoms.